The summed E-state index contributed by atoms with van der Waals surface area (Å²) >= 11 is 0. The van der Waals surface area contributed by atoms with Crippen molar-refractivity contribution in [1.82, 2.24) is 5.32 Å². The second-order valence-electron chi connectivity index (χ2n) is 9.22. The van der Waals surface area contributed by atoms with Crippen LogP contribution >= 0.6 is 0 Å². The van der Waals surface area contributed by atoms with Crippen LogP contribution < -0.4 is 19.5 Å². The van der Waals surface area contributed by atoms with Crippen LogP contribution in [0.1, 0.15) is 36.5 Å². The average molecular weight is 544 g/mol. The topological polar surface area (TPSA) is 92.3 Å². The molecule has 0 saturated heterocycles. The van der Waals surface area contributed by atoms with Crippen molar-refractivity contribution >= 4 is 11.9 Å². The van der Waals surface area contributed by atoms with Gasteiger partial charge in [0, 0.05) is 11.4 Å². The van der Waals surface area contributed by atoms with E-state index in [0.29, 0.717) is 34.2 Å². The Morgan fingerprint density at radius 1 is 0.675 bits per heavy atom. The van der Waals surface area contributed by atoms with Crippen molar-refractivity contribution in [2.75, 3.05) is 21.3 Å². The van der Waals surface area contributed by atoms with E-state index in [-0.39, 0.29) is 24.4 Å². The summed E-state index contributed by atoms with van der Waals surface area (Å²) in [6.45, 7) is 3.71. The molecular formula is C32H33NO7. The van der Waals surface area contributed by atoms with Crippen LogP contribution in [-0.4, -0.2) is 33.3 Å². The lowest BCUT2D eigenvalue weighted by molar-refractivity contribution is -0.141. The van der Waals surface area contributed by atoms with Gasteiger partial charge in [0.1, 0.15) is 13.2 Å². The summed E-state index contributed by atoms with van der Waals surface area (Å²) in [4.78, 5) is 27.3. The Morgan fingerprint density at radius 2 is 1.10 bits per heavy atom. The summed E-state index contributed by atoms with van der Waals surface area (Å²) in [7, 11) is 4.53. The molecule has 1 aliphatic rings. The number of benzene rings is 3. The summed E-state index contributed by atoms with van der Waals surface area (Å²) in [5, 5.41) is 3.19. The summed E-state index contributed by atoms with van der Waals surface area (Å²) in [6, 6.07) is 22.3. The smallest absolute Gasteiger partial charge is 0.337 e. The van der Waals surface area contributed by atoms with Crippen LogP contribution in [0.5, 0.6) is 17.2 Å². The van der Waals surface area contributed by atoms with E-state index in [1.165, 1.54) is 21.3 Å². The molecule has 0 spiro atoms. The number of methoxy groups -OCH3 is 3. The maximum Gasteiger partial charge on any atom is 0.337 e. The molecule has 0 saturated carbocycles. The predicted molar refractivity (Wildman–Crippen MR) is 150 cm³/mol. The van der Waals surface area contributed by atoms with Gasteiger partial charge in [0.15, 0.2) is 11.5 Å². The molecule has 8 heteroatoms. The van der Waals surface area contributed by atoms with Gasteiger partial charge in [-0.2, -0.15) is 0 Å². The third-order valence-corrected chi connectivity index (χ3v) is 6.65. The average Bonchev–Trinajstić information content (AvgIpc) is 2.98. The summed E-state index contributed by atoms with van der Waals surface area (Å²) in [6.07, 6.45) is 0. The van der Waals surface area contributed by atoms with Crippen molar-refractivity contribution in [3.8, 4) is 17.2 Å². The molecule has 3 aromatic rings. The van der Waals surface area contributed by atoms with Crippen molar-refractivity contribution < 1.29 is 33.3 Å². The third kappa shape index (κ3) is 6.12. The van der Waals surface area contributed by atoms with Crippen LogP contribution in [0.2, 0.25) is 0 Å². The van der Waals surface area contributed by atoms with Gasteiger partial charge in [-0.1, -0.05) is 60.7 Å². The van der Waals surface area contributed by atoms with Crippen molar-refractivity contribution in [3.63, 3.8) is 0 Å². The van der Waals surface area contributed by atoms with Crippen molar-refractivity contribution in [2.24, 2.45) is 0 Å². The highest BCUT2D eigenvalue weighted by molar-refractivity contribution is 6.00. The fraction of sp³-hybridized carbons (Fsp3) is 0.250. The van der Waals surface area contributed by atoms with E-state index in [4.69, 9.17) is 23.7 Å². The van der Waals surface area contributed by atoms with E-state index in [1.807, 2.05) is 60.7 Å². The molecule has 208 valence electrons. The van der Waals surface area contributed by atoms with Crippen LogP contribution in [0.3, 0.4) is 0 Å². The third-order valence-electron chi connectivity index (χ3n) is 6.65. The number of carbonyl (C=O) groups excluding carboxylic acids is 2. The Labute approximate surface area is 234 Å². The van der Waals surface area contributed by atoms with E-state index in [9.17, 15) is 9.59 Å². The molecule has 0 amide bonds. The minimum Gasteiger partial charge on any atom is -0.493 e. The Bertz CT molecular complexity index is 1330. The van der Waals surface area contributed by atoms with Crippen molar-refractivity contribution in [1.29, 1.82) is 0 Å². The fourth-order valence-electron chi connectivity index (χ4n) is 4.74. The number of ether oxygens (including phenoxy) is 5. The van der Waals surface area contributed by atoms with Crippen LogP contribution in [0, 0.1) is 0 Å². The molecule has 0 aromatic heterocycles. The van der Waals surface area contributed by atoms with E-state index < -0.39 is 17.9 Å². The molecule has 0 atom stereocenters. The Balaban J connectivity index is 1.77. The largest absolute Gasteiger partial charge is 0.493 e. The summed E-state index contributed by atoms with van der Waals surface area (Å²) in [5.74, 6) is -0.784. The zero-order chi connectivity index (χ0) is 28.6. The highest BCUT2D eigenvalue weighted by atomic mass is 16.5. The van der Waals surface area contributed by atoms with E-state index in [1.54, 1.807) is 26.0 Å². The Hall–Kier alpha value is -4.72. The Morgan fingerprint density at radius 3 is 1.48 bits per heavy atom. The second-order valence-corrected chi connectivity index (χ2v) is 9.22. The monoisotopic (exact) mass is 543 g/mol. The first kappa shape index (κ1) is 28.3. The molecule has 40 heavy (non-hydrogen) atoms. The number of carbonyl (C=O) groups is 2. The number of allylic oxidation sites excluding steroid dienone is 2. The van der Waals surface area contributed by atoms with Crippen LogP contribution in [0.25, 0.3) is 0 Å². The first-order valence-electron chi connectivity index (χ1n) is 12.8. The summed E-state index contributed by atoms with van der Waals surface area (Å²) < 4.78 is 28.1. The number of hydrogen-bond donors (Lipinski definition) is 1. The molecule has 1 heterocycles. The van der Waals surface area contributed by atoms with Gasteiger partial charge in [0.25, 0.3) is 0 Å². The van der Waals surface area contributed by atoms with Gasteiger partial charge in [0.05, 0.1) is 38.4 Å². The van der Waals surface area contributed by atoms with Crippen molar-refractivity contribution in [2.45, 2.75) is 33.0 Å². The zero-order valence-electron chi connectivity index (χ0n) is 23.3. The lowest BCUT2D eigenvalue weighted by Gasteiger charge is -2.31. The highest BCUT2D eigenvalue weighted by Crippen LogP contribution is 2.46. The molecule has 8 nitrogen and oxygen atoms in total. The number of dihydropyridines is 1. The minimum absolute atomic E-state index is 0.0783. The maximum atomic E-state index is 13.7. The van der Waals surface area contributed by atoms with E-state index in [0.717, 1.165) is 11.1 Å². The lowest BCUT2D eigenvalue weighted by Crippen LogP contribution is -2.32. The molecular weight excluding hydrogens is 510 g/mol. The molecule has 0 unspecified atom stereocenters. The SMILES string of the molecule is COc1cc(C2C(C(=O)OCc3ccccc3)=C(C)NC(C)=C2C(=O)OCc2ccccc2)cc(OC)c1OC. The van der Waals surface area contributed by atoms with E-state index in [2.05, 4.69) is 5.32 Å². The van der Waals surface area contributed by atoms with Gasteiger partial charge in [-0.15, -0.1) is 0 Å². The molecule has 0 radical (unpaired) electrons. The molecule has 1 N–H and O–H groups in total. The number of esters is 2. The minimum atomic E-state index is -0.832. The maximum absolute atomic E-state index is 13.7. The van der Waals surface area contributed by atoms with Crippen LogP contribution in [0.15, 0.2) is 95.3 Å². The van der Waals surface area contributed by atoms with Gasteiger partial charge in [-0.25, -0.2) is 9.59 Å². The quantitative estimate of drug-likeness (QED) is 0.338. The molecule has 0 bridgehead atoms. The van der Waals surface area contributed by atoms with Gasteiger partial charge in [0.2, 0.25) is 5.75 Å². The van der Waals surface area contributed by atoms with Gasteiger partial charge < -0.3 is 29.0 Å². The molecule has 3 aromatic carbocycles. The first-order chi connectivity index (χ1) is 19.4. The standard InChI is InChI=1S/C32H33NO7/c1-20-27(31(34)39-18-22-12-8-6-9-13-22)29(24-16-25(36-3)30(38-5)26(17-24)37-4)28(21(2)33-20)32(35)40-19-23-14-10-7-11-15-23/h6-17,29,33H,18-19H2,1-5H3. The molecule has 1 aliphatic heterocycles. The van der Waals surface area contributed by atoms with Crippen LogP contribution in [-0.2, 0) is 32.3 Å². The predicted octanol–water partition coefficient (Wildman–Crippen LogP) is 5.43. The molecule has 4 rings (SSSR count). The first-order valence-corrected chi connectivity index (χ1v) is 12.8. The van der Waals surface area contributed by atoms with Gasteiger partial charge in [-0.3, -0.25) is 0 Å². The fourth-order valence-corrected chi connectivity index (χ4v) is 4.74. The number of rotatable bonds is 10. The van der Waals surface area contributed by atoms with Crippen LogP contribution in [0.4, 0.5) is 0 Å². The number of nitrogens with one attached hydrogen (secondary N) is 1. The zero-order valence-corrected chi connectivity index (χ0v) is 23.3. The van der Waals surface area contributed by atoms with Gasteiger partial charge in [-0.05, 0) is 42.7 Å². The van der Waals surface area contributed by atoms with E-state index >= 15 is 0 Å². The van der Waals surface area contributed by atoms with Gasteiger partial charge >= 0.3 is 11.9 Å². The normalized spacial score (nSPS) is 13.4. The number of hydrogen-bond acceptors (Lipinski definition) is 8. The van der Waals surface area contributed by atoms with Crippen molar-refractivity contribution in [3.05, 3.63) is 112 Å². The lowest BCUT2D eigenvalue weighted by atomic mass is 9.80. The second kappa shape index (κ2) is 12.9. The molecule has 0 aliphatic carbocycles. The Kier molecular flexibility index (Phi) is 9.11. The highest BCUT2D eigenvalue weighted by Gasteiger charge is 2.39. The summed E-state index contributed by atoms with van der Waals surface area (Å²) in [5.41, 5.74) is 3.95. The molecule has 0 fully saturated rings.